The second kappa shape index (κ2) is 7.97. The Morgan fingerprint density at radius 3 is 2.08 bits per heavy atom. The van der Waals surface area contributed by atoms with Gasteiger partial charge < -0.3 is 10.2 Å². The van der Waals surface area contributed by atoms with Crippen molar-refractivity contribution in [3.05, 3.63) is 60.2 Å². The Morgan fingerprint density at radius 2 is 1.56 bits per heavy atom. The third-order valence-corrected chi connectivity index (χ3v) is 4.05. The number of nitrogens with one attached hydrogen (secondary N) is 1. The highest BCUT2D eigenvalue weighted by molar-refractivity contribution is 5.94. The molecule has 2 aromatic rings. The fraction of sp³-hybridized carbons (Fsp3) is 0.333. The molecule has 25 heavy (non-hydrogen) atoms. The predicted molar refractivity (Wildman–Crippen MR) is 103 cm³/mol. The van der Waals surface area contributed by atoms with E-state index in [1.807, 2.05) is 54.6 Å². The molecule has 0 aliphatic carbocycles. The number of anilines is 2. The van der Waals surface area contributed by atoms with E-state index < -0.39 is 0 Å². The Balaban J connectivity index is 2.01. The van der Waals surface area contributed by atoms with Crippen molar-refractivity contribution in [3.63, 3.8) is 0 Å². The van der Waals surface area contributed by atoms with Crippen LogP contribution in [-0.4, -0.2) is 18.4 Å². The molecule has 132 valence electrons. The van der Waals surface area contributed by atoms with Crippen molar-refractivity contribution in [1.29, 1.82) is 0 Å². The van der Waals surface area contributed by atoms with Gasteiger partial charge in [-0.25, -0.2) is 0 Å². The Bertz CT molecular complexity index is 716. The highest BCUT2D eigenvalue weighted by Gasteiger charge is 2.16. The number of carbonyl (C=O) groups excluding carboxylic acids is 2. The van der Waals surface area contributed by atoms with Crippen molar-refractivity contribution in [2.24, 2.45) is 0 Å². The van der Waals surface area contributed by atoms with E-state index in [0.717, 1.165) is 11.4 Å². The van der Waals surface area contributed by atoms with Crippen molar-refractivity contribution < 1.29 is 9.59 Å². The van der Waals surface area contributed by atoms with Gasteiger partial charge in [-0.3, -0.25) is 9.59 Å². The molecule has 0 fully saturated rings. The molecular weight excluding hydrogens is 312 g/mol. The minimum atomic E-state index is -0.108. The Labute approximate surface area is 149 Å². The zero-order valence-electron chi connectivity index (χ0n) is 15.4. The summed E-state index contributed by atoms with van der Waals surface area (Å²) in [6, 6.07) is 17.3. The van der Waals surface area contributed by atoms with Gasteiger partial charge in [-0.15, -0.1) is 0 Å². The fourth-order valence-corrected chi connectivity index (χ4v) is 2.57. The molecular formula is C21H26N2O2. The quantitative estimate of drug-likeness (QED) is 0.880. The summed E-state index contributed by atoms with van der Waals surface area (Å²) >= 11 is 0. The van der Waals surface area contributed by atoms with Gasteiger partial charge in [0.1, 0.15) is 0 Å². The van der Waals surface area contributed by atoms with Gasteiger partial charge in [-0.1, -0.05) is 51.1 Å². The van der Waals surface area contributed by atoms with E-state index >= 15 is 0 Å². The van der Waals surface area contributed by atoms with Crippen LogP contribution in [0.4, 0.5) is 11.4 Å². The summed E-state index contributed by atoms with van der Waals surface area (Å²) < 4.78 is 0. The molecule has 0 spiro atoms. The van der Waals surface area contributed by atoms with Crippen LogP contribution in [0.2, 0.25) is 0 Å². The zero-order chi connectivity index (χ0) is 18.4. The molecule has 2 aromatic carbocycles. The van der Waals surface area contributed by atoms with E-state index in [9.17, 15) is 9.59 Å². The molecule has 0 atom stereocenters. The predicted octanol–water partition coefficient (Wildman–Crippen LogP) is 4.37. The van der Waals surface area contributed by atoms with Crippen LogP contribution in [0, 0.1) is 0 Å². The first-order valence-corrected chi connectivity index (χ1v) is 8.51. The van der Waals surface area contributed by atoms with Crippen LogP contribution in [0.3, 0.4) is 0 Å². The minimum Gasteiger partial charge on any atom is -0.326 e. The number of benzene rings is 2. The van der Waals surface area contributed by atoms with Crippen LogP contribution >= 0.6 is 0 Å². The number of nitrogens with zero attached hydrogens (tertiary/aromatic N) is 1. The summed E-state index contributed by atoms with van der Waals surface area (Å²) in [5, 5.41) is 2.84. The summed E-state index contributed by atoms with van der Waals surface area (Å²) in [5.41, 5.74) is 2.85. The van der Waals surface area contributed by atoms with Crippen LogP contribution in [0.15, 0.2) is 54.6 Å². The third-order valence-electron chi connectivity index (χ3n) is 4.05. The fourth-order valence-electron chi connectivity index (χ4n) is 2.57. The van der Waals surface area contributed by atoms with Crippen LogP contribution in [0.5, 0.6) is 0 Å². The topological polar surface area (TPSA) is 49.4 Å². The number of carbonyl (C=O) groups is 2. The minimum absolute atomic E-state index is 0.0646. The van der Waals surface area contributed by atoms with Crippen molar-refractivity contribution in [3.8, 4) is 0 Å². The van der Waals surface area contributed by atoms with Gasteiger partial charge in [0, 0.05) is 31.3 Å². The molecule has 0 aliphatic heterocycles. The van der Waals surface area contributed by atoms with Gasteiger partial charge >= 0.3 is 0 Å². The van der Waals surface area contributed by atoms with E-state index in [1.165, 1.54) is 12.5 Å². The summed E-state index contributed by atoms with van der Waals surface area (Å²) in [4.78, 5) is 25.7. The van der Waals surface area contributed by atoms with Crippen LogP contribution in [0.1, 0.15) is 39.7 Å². The molecule has 0 bridgehead atoms. The van der Waals surface area contributed by atoms with Gasteiger partial charge in [-0.05, 0) is 35.2 Å². The lowest BCUT2D eigenvalue weighted by molar-refractivity contribution is -0.117. The lowest BCUT2D eigenvalue weighted by Gasteiger charge is -2.23. The number of hydrogen-bond acceptors (Lipinski definition) is 2. The van der Waals surface area contributed by atoms with Gasteiger partial charge in [0.25, 0.3) is 0 Å². The second-order valence-electron chi connectivity index (χ2n) is 7.13. The van der Waals surface area contributed by atoms with Crippen molar-refractivity contribution >= 4 is 23.2 Å². The average Bonchev–Trinajstić information content (AvgIpc) is 2.55. The molecule has 4 nitrogen and oxygen atoms in total. The van der Waals surface area contributed by atoms with E-state index in [-0.39, 0.29) is 23.7 Å². The second-order valence-corrected chi connectivity index (χ2v) is 7.13. The zero-order valence-corrected chi connectivity index (χ0v) is 15.4. The molecule has 0 unspecified atom stereocenters. The van der Waals surface area contributed by atoms with Crippen molar-refractivity contribution in [1.82, 2.24) is 0 Å². The van der Waals surface area contributed by atoms with Crippen molar-refractivity contribution in [2.75, 3.05) is 16.8 Å². The normalized spacial score (nSPS) is 11.0. The Hall–Kier alpha value is -2.62. The van der Waals surface area contributed by atoms with Gasteiger partial charge in [-0.2, -0.15) is 0 Å². The van der Waals surface area contributed by atoms with Gasteiger partial charge in [0.15, 0.2) is 0 Å². The third kappa shape index (κ3) is 5.45. The van der Waals surface area contributed by atoms with E-state index in [2.05, 4.69) is 26.1 Å². The summed E-state index contributed by atoms with van der Waals surface area (Å²) in [5.74, 6) is -0.181. The molecule has 0 saturated heterocycles. The maximum atomic E-state index is 12.1. The van der Waals surface area contributed by atoms with Crippen LogP contribution < -0.4 is 10.2 Å². The lowest BCUT2D eigenvalue weighted by Crippen LogP contribution is -2.32. The number of amides is 2. The molecule has 0 aliphatic rings. The average molecular weight is 338 g/mol. The van der Waals surface area contributed by atoms with Crippen LogP contribution in [-0.2, 0) is 15.0 Å². The summed E-state index contributed by atoms with van der Waals surface area (Å²) in [6.45, 7) is 8.33. The monoisotopic (exact) mass is 338 g/mol. The molecule has 0 aromatic heterocycles. The molecule has 4 heteroatoms. The van der Waals surface area contributed by atoms with E-state index in [1.54, 1.807) is 4.90 Å². The molecule has 1 N–H and O–H groups in total. The van der Waals surface area contributed by atoms with E-state index in [4.69, 9.17) is 0 Å². The molecule has 2 amide bonds. The smallest absolute Gasteiger partial charge is 0.226 e. The standard InChI is InChI=1S/C21H26N2O2/c1-16(24)23(19-12-10-17(11-13-19)21(2,3)4)15-14-20(25)22-18-8-6-5-7-9-18/h5-13H,14-15H2,1-4H3,(H,22,25). The Kier molecular flexibility index (Phi) is 5.97. The number of para-hydroxylation sites is 1. The molecule has 0 saturated carbocycles. The van der Waals surface area contributed by atoms with Gasteiger partial charge in [0.05, 0.1) is 0 Å². The molecule has 2 rings (SSSR count). The summed E-state index contributed by atoms with van der Waals surface area (Å²) in [6.07, 6.45) is 0.246. The first-order valence-electron chi connectivity index (χ1n) is 8.51. The highest BCUT2D eigenvalue weighted by atomic mass is 16.2. The largest absolute Gasteiger partial charge is 0.326 e. The lowest BCUT2D eigenvalue weighted by atomic mass is 9.87. The maximum Gasteiger partial charge on any atom is 0.226 e. The first-order chi connectivity index (χ1) is 11.8. The maximum absolute atomic E-state index is 12.1. The SMILES string of the molecule is CC(=O)N(CCC(=O)Nc1ccccc1)c1ccc(C(C)(C)C)cc1. The van der Waals surface area contributed by atoms with Crippen molar-refractivity contribution in [2.45, 2.75) is 39.5 Å². The van der Waals surface area contributed by atoms with E-state index in [0.29, 0.717) is 6.54 Å². The number of rotatable bonds is 5. The first kappa shape index (κ1) is 18.7. The Morgan fingerprint density at radius 1 is 0.960 bits per heavy atom. The molecule has 0 heterocycles. The van der Waals surface area contributed by atoms with Gasteiger partial charge in [0.2, 0.25) is 11.8 Å². The summed E-state index contributed by atoms with van der Waals surface area (Å²) in [7, 11) is 0. The highest BCUT2D eigenvalue weighted by Crippen LogP contribution is 2.25. The van der Waals surface area contributed by atoms with Crippen LogP contribution in [0.25, 0.3) is 0 Å². The number of hydrogen-bond donors (Lipinski definition) is 1. The molecule has 0 radical (unpaired) electrons.